The van der Waals surface area contributed by atoms with Crippen molar-refractivity contribution in [2.45, 2.75) is 13.8 Å². The standard InChI is InChI=1S/C11H15N3O5/c1-6-10(7(2)13(3)12-6)11(19)14(4-8(15)16)5-9(17)18/h4-5H2,1-3H3,(H,15,16)(H,17,18). The average molecular weight is 269 g/mol. The van der Waals surface area contributed by atoms with Crippen LogP contribution < -0.4 is 0 Å². The number of nitrogens with zero attached hydrogens (tertiary/aromatic N) is 3. The Morgan fingerprint density at radius 2 is 1.63 bits per heavy atom. The summed E-state index contributed by atoms with van der Waals surface area (Å²) in [6.07, 6.45) is 0. The largest absolute Gasteiger partial charge is 0.480 e. The number of carbonyl (C=O) groups excluding carboxylic acids is 1. The van der Waals surface area contributed by atoms with Crippen LogP contribution in [-0.4, -0.2) is 55.8 Å². The van der Waals surface area contributed by atoms with Crippen LogP contribution >= 0.6 is 0 Å². The molecule has 1 heterocycles. The second kappa shape index (κ2) is 5.51. The zero-order chi connectivity index (χ0) is 14.7. The Bertz CT molecular complexity index is 519. The number of carboxylic acid groups (broad SMARTS) is 2. The fourth-order valence-electron chi connectivity index (χ4n) is 1.77. The number of aromatic nitrogens is 2. The Balaban J connectivity index is 3.11. The van der Waals surface area contributed by atoms with E-state index in [1.165, 1.54) is 4.68 Å². The molecular formula is C11H15N3O5. The molecule has 0 saturated heterocycles. The maximum atomic E-state index is 12.2. The Morgan fingerprint density at radius 1 is 1.16 bits per heavy atom. The summed E-state index contributed by atoms with van der Waals surface area (Å²) in [6.45, 7) is 1.94. The molecule has 0 aromatic carbocycles. The van der Waals surface area contributed by atoms with Gasteiger partial charge in [-0.1, -0.05) is 0 Å². The minimum atomic E-state index is -1.27. The van der Waals surface area contributed by atoms with E-state index in [-0.39, 0.29) is 5.56 Å². The second-order valence-electron chi connectivity index (χ2n) is 4.12. The number of carboxylic acids is 2. The van der Waals surface area contributed by atoms with Crippen molar-refractivity contribution in [2.24, 2.45) is 7.05 Å². The Kier molecular flexibility index (Phi) is 4.26. The summed E-state index contributed by atoms with van der Waals surface area (Å²) in [5, 5.41) is 21.5. The highest BCUT2D eigenvalue weighted by Gasteiger charge is 2.26. The summed E-state index contributed by atoms with van der Waals surface area (Å²) in [7, 11) is 1.65. The minimum Gasteiger partial charge on any atom is -0.480 e. The third kappa shape index (κ3) is 3.30. The highest BCUT2D eigenvalue weighted by atomic mass is 16.4. The van der Waals surface area contributed by atoms with E-state index >= 15 is 0 Å². The van der Waals surface area contributed by atoms with E-state index in [9.17, 15) is 14.4 Å². The fraction of sp³-hybridized carbons (Fsp3) is 0.455. The molecular weight excluding hydrogens is 254 g/mol. The normalized spacial score (nSPS) is 10.3. The number of hydrogen-bond acceptors (Lipinski definition) is 4. The lowest BCUT2D eigenvalue weighted by Gasteiger charge is -2.18. The topological polar surface area (TPSA) is 113 Å². The summed E-state index contributed by atoms with van der Waals surface area (Å²) < 4.78 is 1.49. The average Bonchev–Trinajstić information content (AvgIpc) is 2.50. The lowest BCUT2D eigenvalue weighted by molar-refractivity contribution is -0.140. The van der Waals surface area contributed by atoms with Gasteiger partial charge >= 0.3 is 11.9 Å². The summed E-state index contributed by atoms with van der Waals surface area (Å²) >= 11 is 0. The molecule has 19 heavy (non-hydrogen) atoms. The molecule has 8 nitrogen and oxygen atoms in total. The molecule has 2 N–H and O–H groups in total. The molecule has 0 spiro atoms. The molecule has 0 aliphatic rings. The van der Waals surface area contributed by atoms with Crippen LogP contribution in [0.1, 0.15) is 21.7 Å². The quantitative estimate of drug-likeness (QED) is 0.755. The predicted octanol–water partition coefficient (Wildman–Crippen LogP) is -0.352. The van der Waals surface area contributed by atoms with Crippen molar-refractivity contribution in [2.75, 3.05) is 13.1 Å². The van der Waals surface area contributed by atoms with Gasteiger partial charge in [0.05, 0.1) is 11.3 Å². The highest BCUT2D eigenvalue weighted by molar-refractivity contribution is 5.99. The maximum Gasteiger partial charge on any atom is 0.323 e. The summed E-state index contributed by atoms with van der Waals surface area (Å²) in [6, 6.07) is 0. The van der Waals surface area contributed by atoms with Gasteiger partial charge in [-0.2, -0.15) is 5.10 Å². The zero-order valence-corrected chi connectivity index (χ0v) is 10.9. The third-order valence-corrected chi connectivity index (χ3v) is 2.66. The summed E-state index contributed by atoms with van der Waals surface area (Å²) in [4.78, 5) is 34.4. The van der Waals surface area contributed by atoms with Gasteiger partial charge in [-0.05, 0) is 13.8 Å². The molecule has 0 aliphatic heterocycles. The van der Waals surface area contributed by atoms with Gasteiger partial charge < -0.3 is 15.1 Å². The first-order chi connectivity index (χ1) is 8.73. The van der Waals surface area contributed by atoms with Crippen LogP contribution in [0, 0.1) is 13.8 Å². The molecule has 1 rings (SSSR count). The van der Waals surface area contributed by atoms with Gasteiger partial charge in [0.25, 0.3) is 5.91 Å². The Hall–Kier alpha value is -2.38. The van der Waals surface area contributed by atoms with Crippen molar-refractivity contribution in [1.82, 2.24) is 14.7 Å². The highest BCUT2D eigenvalue weighted by Crippen LogP contribution is 2.14. The van der Waals surface area contributed by atoms with Crippen molar-refractivity contribution < 1.29 is 24.6 Å². The lowest BCUT2D eigenvalue weighted by Crippen LogP contribution is -2.39. The molecule has 0 aliphatic carbocycles. The van der Waals surface area contributed by atoms with Crippen molar-refractivity contribution in [3.8, 4) is 0 Å². The van der Waals surface area contributed by atoms with Crippen LogP contribution in [0.5, 0.6) is 0 Å². The van der Waals surface area contributed by atoms with Gasteiger partial charge in [0.15, 0.2) is 0 Å². The zero-order valence-electron chi connectivity index (χ0n) is 10.9. The molecule has 104 valence electrons. The third-order valence-electron chi connectivity index (χ3n) is 2.66. The van der Waals surface area contributed by atoms with Crippen LogP contribution in [-0.2, 0) is 16.6 Å². The van der Waals surface area contributed by atoms with Crippen molar-refractivity contribution >= 4 is 17.8 Å². The van der Waals surface area contributed by atoms with E-state index in [1.54, 1.807) is 20.9 Å². The van der Waals surface area contributed by atoms with E-state index in [4.69, 9.17) is 10.2 Å². The minimum absolute atomic E-state index is 0.241. The van der Waals surface area contributed by atoms with Crippen molar-refractivity contribution in [3.63, 3.8) is 0 Å². The van der Waals surface area contributed by atoms with Gasteiger partial charge in [-0.15, -0.1) is 0 Å². The number of aryl methyl sites for hydroxylation is 2. The maximum absolute atomic E-state index is 12.2. The van der Waals surface area contributed by atoms with Crippen molar-refractivity contribution in [1.29, 1.82) is 0 Å². The van der Waals surface area contributed by atoms with Gasteiger partial charge in [0, 0.05) is 12.7 Å². The molecule has 0 radical (unpaired) electrons. The number of amides is 1. The van der Waals surface area contributed by atoms with E-state index in [0.717, 1.165) is 4.90 Å². The molecule has 0 unspecified atom stereocenters. The van der Waals surface area contributed by atoms with Gasteiger partial charge in [-0.3, -0.25) is 19.1 Å². The van der Waals surface area contributed by atoms with Gasteiger partial charge in [0.2, 0.25) is 0 Å². The van der Waals surface area contributed by atoms with Crippen LogP contribution in [0.15, 0.2) is 0 Å². The molecule has 8 heteroatoms. The summed E-state index contributed by atoms with van der Waals surface area (Å²) in [5.74, 6) is -3.18. The van der Waals surface area contributed by atoms with E-state index in [1.807, 2.05) is 0 Å². The van der Waals surface area contributed by atoms with Crippen molar-refractivity contribution in [3.05, 3.63) is 17.0 Å². The fourth-order valence-corrected chi connectivity index (χ4v) is 1.77. The Labute approximate surface area is 109 Å². The number of hydrogen-bond donors (Lipinski definition) is 2. The molecule has 1 amide bonds. The van der Waals surface area contributed by atoms with E-state index in [2.05, 4.69) is 5.10 Å². The Morgan fingerprint density at radius 3 is 1.95 bits per heavy atom. The lowest BCUT2D eigenvalue weighted by atomic mass is 10.1. The van der Waals surface area contributed by atoms with Gasteiger partial charge in [-0.25, -0.2) is 0 Å². The van der Waals surface area contributed by atoms with Crippen LogP contribution in [0.4, 0.5) is 0 Å². The molecule has 0 fully saturated rings. The first-order valence-electron chi connectivity index (χ1n) is 5.47. The smallest absolute Gasteiger partial charge is 0.323 e. The summed E-state index contributed by atoms with van der Waals surface area (Å²) in [5.41, 5.74) is 1.24. The SMILES string of the molecule is Cc1nn(C)c(C)c1C(=O)N(CC(=O)O)CC(=O)O. The van der Waals surface area contributed by atoms with Crippen LogP contribution in [0.3, 0.4) is 0 Å². The number of rotatable bonds is 5. The number of aliphatic carboxylic acids is 2. The molecule has 0 saturated carbocycles. The van der Waals surface area contributed by atoms with E-state index in [0.29, 0.717) is 11.4 Å². The van der Waals surface area contributed by atoms with Crippen LogP contribution in [0.2, 0.25) is 0 Å². The molecule has 1 aromatic rings. The first kappa shape index (κ1) is 14.7. The first-order valence-corrected chi connectivity index (χ1v) is 5.47. The monoisotopic (exact) mass is 269 g/mol. The number of carbonyl (C=O) groups is 3. The second-order valence-corrected chi connectivity index (χ2v) is 4.12. The molecule has 1 aromatic heterocycles. The van der Waals surface area contributed by atoms with Gasteiger partial charge in [0.1, 0.15) is 13.1 Å². The van der Waals surface area contributed by atoms with Crippen LogP contribution in [0.25, 0.3) is 0 Å². The van der Waals surface area contributed by atoms with E-state index < -0.39 is 30.9 Å². The molecule has 0 atom stereocenters. The molecule has 0 bridgehead atoms. The predicted molar refractivity (Wildman–Crippen MR) is 63.9 cm³/mol.